The second kappa shape index (κ2) is 31.5. The van der Waals surface area contributed by atoms with Crippen LogP contribution in [-0.4, -0.2) is 0 Å². The molecule has 0 aliphatic carbocycles. The van der Waals surface area contributed by atoms with E-state index in [0.29, 0.717) is 10.8 Å². The second-order valence-corrected chi connectivity index (χ2v) is 6.00. The molecule has 0 aliphatic rings. The first kappa shape index (κ1) is 71.6. The summed E-state index contributed by atoms with van der Waals surface area (Å²) in [6, 6.07) is 0. The van der Waals surface area contributed by atoms with Crippen LogP contribution < -0.4 is 0 Å². The molecule has 0 unspecified atom stereocenters. The van der Waals surface area contributed by atoms with Crippen molar-refractivity contribution in [1.82, 2.24) is 0 Å². The molecule has 0 saturated heterocycles. The van der Waals surface area contributed by atoms with Crippen molar-refractivity contribution >= 4 is 0 Å². The molecule has 0 radical (unpaired) electrons. The van der Waals surface area contributed by atoms with Gasteiger partial charge < -0.3 is 44.6 Å². The summed E-state index contributed by atoms with van der Waals surface area (Å²) >= 11 is 0. The maximum atomic E-state index is 2.19. The molecule has 112 valence electrons. The van der Waals surface area contributed by atoms with Crippen LogP contribution in [0, 0.1) is 55.4 Å². The molecule has 0 nitrogen and oxygen atoms in total. The summed E-state index contributed by atoms with van der Waals surface area (Å²) < 4.78 is 0. The summed E-state index contributed by atoms with van der Waals surface area (Å²) in [5, 5.41) is 0. The summed E-state index contributed by atoms with van der Waals surface area (Å²) in [4.78, 5) is 0. The zero-order valence-electron chi connectivity index (χ0n) is 16.2. The molecule has 0 fully saturated rings. The van der Waals surface area contributed by atoms with Crippen LogP contribution in [0.3, 0.4) is 0 Å². The van der Waals surface area contributed by atoms with Gasteiger partial charge in [0.05, 0.1) is 0 Å². The maximum absolute atomic E-state index is 2.19. The second-order valence-electron chi connectivity index (χ2n) is 6.00. The van der Waals surface area contributed by atoms with E-state index in [1.54, 1.807) is 0 Å². The molecule has 0 aromatic carbocycles. The van der Waals surface area contributed by atoms with Gasteiger partial charge in [-0.2, -0.15) is 0 Å². The van der Waals surface area contributed by atoms with Gasteiger partial charge in [-0.3, -0.25) is 0 Å². The Morgan fingerprint density at radius 3 is 0.333 bits per heavy atom. The Bertz CT molecular complexity index is 52.1. The SMILES string of the molecule is CC(C)(C)C.CC(C)(C)C.[CH3-].[CH3-].[CH3-].[CH3-].[CH3-].[CH3-].[Y+3].[Y+3]. The average molecular weight is 412 g/mol. The third kappa shape index (κ3) is 1110. The van der Waals surface area contributed by atoms with Crippen molar-refractivity contribution in [3.05, 3.63) is 44.6 Å². The van der Waals surface area contributed by atoms with E-state index in [9.17, 15) is 0 Å². The number of hydrogen-bond donors (Lipinski definition) is 0. The topological polar surface area (TPSA) is 0 Å². The maximum Gasteiger partial charge on any atom is 3.00 e. The molecule has 0 atom stereocenters. The van der Waals surface area contributed by atoms with Crippen LogP contribution in [0.25, 0.3) is 0 Å². The molecule has 0 aliphatic heterocycles. The first-order chi connectivity index (χ1) is 4.00. The fourth-order valence-electron chi connectivity index (χ4n) is 0. The molecule has 0 bridgehead atoms. The van der Waals surface area contributed by atoms with Crippen molar-refractivity contribution in [3.63, 3.8) is 0 Å². The van der Waals surface area contributed by atoms with Gasteiger partial charge in [0.15, 0.2) is 0 Å². The zero-order chi connectivity index (χ0) is 9.00. The molecule has 2 heteroatoms. The van der Waals surface area contributed by atoms with E-state index >= 15 is 0 Å². The Morgan fingerprint density at radius 2 is 0.333 bits per heavy atom. The predicted molar refractivity (Wildman–Crippen MR) is 88.7 cm³/mol. The molecule has 0 rings (SSSR count). The van der Waals surface area contributed by atoms with E-state index in [4.69, 9.17) is 0 Å². The Morgan fingerprint density at radius 1 is 0.333 bits per heavy atom. The van der Waals surface area contributed by atoms with Crippen molar-refractivity contribution in [2.45, 2.75) is 55.4 Å². The molecule has 0 aromatic heterocycles. The fraction of sp³-hybridized carbons (Fsp3) is 0.625. The van der Waals surface area contributed by atoms with Crippen molar-refractivity contribution in [3.8, 4) is 0 Å². The van der Waals surface area contributed by atoms with Crippen LogP contribution in [0.4, 0.5) is 0 Å². The predicted octanol–water partition coefficient (Wildman–Crippen LogP) is 6.80. The van der Waals surface area contributed by atoms with Gasteiger partial charge in [0.2, 0.25) is 0 Å². The van der Waals surface area contributed by atoms with Crippen LogP contribution in [-0.2, 0) is 65.4 Å². The van der Waals surface area contributed by atoms with Gasteiger partial charge in [0, 0.05) is 0 Å². The van der Waals surface area contributed by atoms with Gasteiger partial charge in [-0.05, 0) is 10.8 Å². The Hall–Kier alpha value is 2.21. The summed E-state index contributed by atoms with van der Waals surface area (Å²) in [5.74, 6) is 0. The fourth-order valence-corrected chi connectivity index (χ4v) is 0. The zero-order valence-corrected chi connectivity index (χ0v) is 21.8. The van der Waals surface area contributed by atoms with Gasteiger partial charge in [0.25, 0.3) is 0 Å². The van der Waals surface area contributed by atoms with E-state index in [1.807, 2.05) is 0 Å². The van der Waals surface area contributed by atoms with Crippen LogP contribution >= 0.6 is 0 Å². The van der Waals surface area contributed by atoms with Crippen LogP contribution in [0.15, 0.2) is 0 Å². The third-order valence-electron chi connectivity index (χ3n) is 0. The monoisotopic (exact) mass is 412 g/mol. The Labute approximate surface area is 174 Å². The average Bonchev–Trinajstić information content (AvgIpc) is 1.12. The van der Waals surface area contributed by atoms with Crippen LogP contribution in [0.2, 0.25) is 0 Å². The van der Waals surface area contributed by atoms with Gasteiger partial charge in [-0.25, -0.2) is 0 Å². The summed E-state index contributed by atoms with van der Waals surface area (Å²) in [5.41, 5.74) is 1.00. The van der Waals surface area contributed by atoms with Crippen LogP contribution in [0.1, 0.15) is 55.4 Å². The van der Waals surface area contributed by atoms with Gasteiger partial charge in [-0.1, -0.05) is 55.4 Å². The molecule has 0 spiro atoms. The van der Waals surface area contributed by atoms with E-state index in [0.717, 1.165) is 0 Å². The Balaban J connectivity index is -0.00000000615. The summed E-state index contributed by atoms with van der Waals surface area (Å²) in [7, 11) is 0. The minimum atomic E-state index is 0. The van der Waals surface area contributed by atoms with Gasteiger partial charge in [-0.15, -0.1) is 0 Å². The molecular weight excluding hydrogens is 370 g/mol. The number of rotatable bonds is 0. The van der Waals surface area contributed by atoms with Crippen molar-refractivity contribution < 1.29 is 65.4 Å². The van der Waals surface area contributed by atoms with Crippen molar-refractivity contribution in [1.29, 1.82) is 0 Å². The van der Waals surface area contributed by atoms with Crippen molar-refractivity contribution in [2.75, 3.05) is 0 Å². The smallest absolute Gasteiger partial charge is 0.358 e. The molecule has 18 heavy (non-hydrogen) atoms. The quantitative estimate of drug-likeness (QED) is 0.384. The molecule has 0 saturated carbocycles. The van der Waals surface area contributed by atoms with Crippen molar-refractivity contribution in [2.24, 2.45) is 10.8 Å². The normalized spacial score (nSPS) is 6.67. The molecule has 0 heterocycles. The summed E-state index contributed by atoms with van der Waals surface area (Å²) in [6.07, 6.45) is 0. The largest absolute Gasteiger partial charge is 3.00 e. The molecule has 0 N–H and O–H groups in total. The molecular formula is C16H42Y2. The summed E-state index contributed by atoms with van der Waals surface area (Å²) in [6.45, 7) is 17.5. The van der Waals surface area contributed by atoms with Crippen LogP contribution in [0.5, 0.6) is 0 Å². The number of hydrogen-bond acceptors (Lipinski definition) is 0. The third-order valence-corrected chi connectivity index (χ3v) is 0. The first-order valence-electron chi connectivity index (χ1n) is 4.00. The van der Waals surface area contributed by atoms with Gasteiger partial charge >= 0.3 is 65.4 Å². The molecule has 0 amide bonds. The minimum absolute atomic E-state index is 0. The first-order valence-corrected chi connectivity index (χ1v) is 4.00. The van der Waals surface area contributed by atoms with E-state index in [2.05, 4.69) is 55.4 Å². The Kier molecular flexibility index (Phi) is 125. The van der Waals surface area contributed by atoms with Gasteiger partial charge in [0.1, 0.15) is 0 Å². The van der Waals surface area contributed by atoms with E-state index in [-0.39, 0.29) is 110 Å². The van der Waals surface area contributed by atoms with E-state index < -0.39 is 0 Å². The minimum Gasteiger partial charge on any atom is -0.358 e. The molecule has 0 aromatic rings. The standard InChI is InChI=1S/2C5H12.6CH3.2Y/c2*1-5(2,3)4;;;;;;;;/h2*1-4H3;6*1H3;;/q;;6*-1;2*+3. The van der Waals surface area contributed by atoms with E-state index in [1.165, 1.54) is 0 Å².